The summed E-state index contributed by atoms with van der Waals surface area (Å²) >= 11 is 6.34. The van der Waals surface area contributed by atoms with Gasteiger partial charge in [-0.25, -0.2) is 0 Å². The van der Waals surface area contributed by atoms with Crippen LogP contribution in [-0.2, 0) is 4.79 Å². The number of carbonyl (C=O) groups is 1. The number of nitrogens with one attached hydrogen (secondary N) is 1. The summed E-state index contributed by atoms with van der Waals surface area (Å²) in [6, 6.07) is 10.2. The van der Waals surface area contributed by atoms with Gasteiger partial charge < -0.3 is 9.88 Å². The summed E-state index contributed by atoms with van der Waals surface area (Å²) in [4.78, 5) is 12.4. The van der Waals surface area contributed by atoms with Gasteiger partial charge in [0.25, 0.3) is 5.91 Å². The van der Waals surface area contributed by atoms with Crippen molar-refractivity contribution in [3.8, 4) is 5.69 Å². The monoisotopic (exact) mass is 314 g/mol. The molecule has 0 saturated carbocycles. The van der Waals surface area contributed by atoms with Gasteiger partial charge >= 0.3 is 0 Å². The zero-order valence-electron chi connectivity index (χ0n) is 11.7. The molecule has 0 bridgehead atoms. The predicted octanol–water partition coefficient (Wildman–Crippen LogP) is 3.58. The number of hydrogen-bond donors (Lipinski definition) is 1. The minimum atomic E-state index is -0.115. The van der Waals surface area contributed by atoms with Gasteiger partial charge in [-0.05, 0) is 43.2 Å². The molecule has 1 aromatic carbocycles. The van der Waals surface area contributed by atoms with E-state index in [1.807, 2.05) is 24.3 Å². The highest BCUT2D eigenvalue weighted by Gasteiger charge is 2.23. The van der Waals surface area contributed by atoms with Crippen molar-refractivity contribution in [2.45, 2.75) is 13.8 Å². The summed E-state index contributed by atoms with van der Waals surface area (Å²) in [5.74, 6) is -0.115. The number of rotatable bonds is 2. The lowest BCUT2D eigenvalue weighted by Gasteiger charge is -2.06. The van der Waals surface area contributed by atoms with Crippen molar-refractivity contribution >= 4 is 40.3 Å². The zero-order valence-corrected chi connectivity index (χ0v) is 13.3. The summed E-state index contributed by atoms with van der Waals surface area (Å²) in [5.41, 5.74) is 4.43. The Morgan fingerprint density at radius 1 is 1.24 bits per heavy atom. The number of aryl methyl sites for hydroxylation is 1. The lowest BCUT2D eigenvalue weighted by molar-refractivity contribution is -0.115. The summed E-state index contributed by atoms with van der Waals surface area (Å²) < 4.78 is 2.65. The number of carbonyl (C=O) groups excluding carboxylic acids is 1. The fourth-order valence-electron chi connectivity index (χ4n) is 2.40. The lowest BCUT2D eigenvalue weighted by atomic mass is 10.1. The molecule has 2 aromatic rings. The zero-order chi connectivity index (χ0) is 15.0. The highest BCUT2D eigenvalue weighted by atomic mass is 32.2. The normalized spacial score (nSPS) is 16.6. The van der Waals surface area contributed by atoms with Crippen molar-refractivity contribution < 1.29 is 4.79 Å². The van der Waals surface area contributed by atoms with E-state index >= 15 is 0 Å². The molecule has 5 heteroatoms. The van der Waals surface area contributed by atoms with E-state index < -0.39 is 0 Å². The second-order valence-electron chi connectivity index (χ2n) is 4.87. The summed E-state index contributed by atoms with van der Waals surface area (Å²) in [6.07, 6.45) is 4.01. The molecule has 1 saturated heterocycles. The van der Waals surface area contributed by atoms with Gasteiger partial charge in [0.1, 0.15) is 4.32 Å². The number of amides is 1. The maximum atomic E-state index is 11.8. The first-order chi connectivity index (χ1) is 10.1. The van der Waals surface area contributed by atoms with Crippen LogP contribution in [0.15, 0.2) is 41.4 Å². The standard InChI is InChI=1S/C16H14N2OS2/c1-10-9-18(12-6-4-3-5-7-12)11(2)13(10)8-14-15(19)17-16(20)21-14/h3-9H,1-2H3,(H,17,19,20)/b14-8-. The van der Waals surface area contributed by atoms with Crippen molar-refractivity contribution in [2.24, 2.45) is 0 Å². The second-order valence-corrected chi connectivity index (χ2v) is 6.59. The number of hydrogen-bond acceptors (Lipinski definition) is 3. The van der Waals surface area contributed by atoms with Crippen molar-refractivity contribution in [1.82, 2.24) is 9.88 Å². The van der Waals surface area contributed by atoms with Gasteiger partial charge in [0.15, 0.2) is 0 Å². The molecule has 1 aliphatic rings. The Hall–Kier alpha value is -1.85. The van der Waals surface area contributed by atoms with Crippen molar-refractivity contribution in [2.75, 3.05) is 0 Å². The van der Waals surface area contributed by atoms with Gasteiger partial charge in [-0.3, -0.25) is 4.79 Å². The summed E-state index contributed by atoms with van der Waals surface area (Å²) in [6.45, 7) is 4.11. The number of aromatic nitrogens is 1. The molecule has 1 fully saturated rings. The summed E-state index contributed by atoms with van der Waals surface area (Å²) in [5, 5.41) is 2.64. The Balaban J connectivity index is 2.06. The SMILES string of the molecule is Cc1cn(-c2ccccc2)c(C)c1/C=C1\SC(=S)NC1=O. The largest absolute Gasteiger partial charge is 0.320 e. The minimum absolute atomic E-state index is 0.115. The Morgan fingerprint density at radius 2 is 1.95 bits per heavy atom. The van der Waals surface area contributed by atoms with E-state index in [0.29, 0.717) is 9.23 Å². The van der Waals surface area contributed by atoms with Crippen LogP contribution in [0.25, 0.3) is 11.8 Å². The third-order valence-electron chi connectivity index (χ3n) is 3.45. The van der Waals surface area contributed by atoms with Crippen LogP contribution in [-0.4, -0.2) is 14.8 Å². The van der Waals surface area contributed by atoms with Crippen LogP contribution in [0.5, 0.6) is 0 Å². The summed E-state index contributed by atoms with van der Waals surface area (Å²) in [7, 11) is 0. The van der Waals surface area contributed by atoms with E-state index in [1.54, 1.807) is 0 Å². The average molecular weight is 314 g/mol. The molecular formula is C16H14N2OS2. The number of thioether (sulfide) groups is 1. The molecule has 3 nitrogen and oxygen atoms in total. The van der Waals surface area contributed by atoms with Crippen LogP contribution in [0.1, 0.15) is 16.8 Å². The molecule has 0 aliphatic carbocycles. The molecule has 0 atom stereocenters. The van der Waals surface area contributed by atoms with Crippen molar-refractivity contribution in [1.29, 1.82) is 0 Å². The van der Waals surface area contributed by atoms with Gasteiger partial charge in [-0.1, -0.05) is 42.2 Å². The Labute approximate surface area is 133 Å². The van der Waals surface area contributed by atoms with Crippen LogP contribution in [0.2, 0.25) is 0 Å². The maximum Gasteiger partial charge on any atom is 0.263 e. The van der Waals surface area contributed by atoms with Crippen LogP contribution >= 0.6 is 24.0 Å². The molecule has 106 valence electrons. The first kappa shape index (κ1) is 14.1. The molecule has 3 rings (SSSR count). The molecule has 21 heavy (non-hydrogen) atoms. The van der Waals surface area contributed by atoms with E-state index in [2.05, 4.69) is 42.1 Å². The highest BCUT2D eigenvalue weighted by Crippen LogP contribution is 2.29. The third-order valence-corrected chi connectivity index (χ3v) is 4.61. The number of para-hydroxylation sites is 1. The van der Waals surface area contributed by atoms with Crippen LogP contribution in [0.4, 0.5) is 0 Å². The molecule has 2 heterocycles. The van der Waals surface area contributed by atoms with Crippen LogP contribution in [0, 0.1) is 13.8 Å². The van der Waals surface area contributed by atoms with Gasteiger partial charge in [-0.2, -0.15) is 0 Å². The molecule has 0 radical (unpaired) electrons. The van der Waals surface area contributed by atoms with Gasteiger partial charge in [0.2, 0.25) is 0 Å². The number of thiocarbonyl (C=S) groups is 1. The van der Waals surface area contributed by atoms with E-state index in [-0.39, 0.29) is 5.91 Å². The fourth-order valence-corrected chi connectivity index (χ4v) is 3.43. The van der Waals surface area contributed by atoms with Crippen LogP contribution < -0.4 is 5.32 Å². The first-order valence-electron chi connectivity index (χ1n) is 6.55. The molecule has 1 N–H and O–H groups in total. The predicted molar refractivity (Wildman–Crippen MR) is 91.6 cm³/mol. The maximum absolute atomic E-state index is 11.8. The van der Waals surface area contributed by atoms with Gasteiger partial charge in [0, 0.05) is 17.6 Å². The van der Waals surface area contributed by atoms with Crippen molar-refractivity contribution in [3.63, 3.8) is 0 Å². The van der Waals surface area contributed by atoms with E-state index in [1.165, 1.54) is 11.8 Å². The second kappa shape index (κ2) is 5.50. The Bertz CT molecular complexity index is 760. The topological polar surface area (TPSA) is 34.0 Å². The molecule has 1 aliphatic heterocycles. The molecular weight excluding hydrogens is 300 g/mol. The van der Waals surface area contributed by atoms with E-state index in [9.17, 15) is 4.79 Å². The molecule has 1 aromatic heterocycles. The van der Waals surface area contributed by atoms with Crippen LogP contribution in [0.3, 0.4) is 0 Å². The highest BCUT2D eigenvalue weighted by molar-refractivity contribution is 8.26. The third kappa shape index (κ3) is 2.66. The fraction of sp³-hybridized carbons (Fsp3) is 0.125. The minimum Gasteiger partial charge on any atom is -0.320 e. The van der Waals surface area contributed by atoms with Crippen molar-refractivity contribution in [3.05, 3.63) is 58.3 Å². The van der Waals surface area contributed by atoms with E-state index in [0.717, 1.165) is 22.5 Å². The molecule has 0 unspecified atom stereocenters. The average Bonchev–Trinajstić information content (AvgIpc) is 2.93. The van der Waals surface area contributed by atoms with Gasteiger partial charge in [0.05, 0.1) is 4.91 Å². The Kier molecular flexibility index (Phi) is 3.69. The molecule has 0 spiro atoms. The first-order valence-corrected chi connectivity index (χ1v) is 7.77. The lowest BCUT2D eigenvalue weighted by Crippen LogP contribution is -2.17. The number of benzene rings is 1. The van der Waals surface area contributed by atoms with E-state index in [4.69, 9.17) is 12.2 Å². The molecule has 1 amide bonds. The number of nitrogens with zero attached hydrogens (tertiary/aromatic N) is 1. The van der Waals surface area contributed by atoms with Gasteiger partial charge in [-0.15, -0.1) is 0 Å². The smallest absolute Gasteiger partial charge is 0.263 e. The quantitative estimate of drug-likeness (QED) is 0.679. The Morgan fingerprint density at radius 3 is 2.57 bits per heavy atom.